The molecule has 112 valence electrons. The molecular weight excluding hydrogens is 262 g/mol. The van der Waals surface area contributed by atoms with E-state index >= 15 is 0 Å². The highest BCUT2D eigenvalue weighted by atomic mass is 16.5. The largest absolute Gasteiger partial charge is 0.497 e. The van der Waals surface area contributed by atoms with Gasteiger partial charge >= 0.3 is 0 Å². The number of benzene rings is 2. The van der Waals surface area contributed by atoms with Crippen LogP contribution in [0.1, 0.15) is 16.7 Å². The fourth-order valence-electron chi connectivity index (χ4n) is 2.31. The van der Waals surface area contributed by atoms with E-state index in [0.717, 1.165) is 36.6 Å². The minimum Gasteiger partial charge on any atom is -0.497 e. The SMILES string of the molecule is COc1cc(CNCCc2ccccc2C)cc(OC)c1. The Balaban J connectivity index is 1.87. The average Bonchev–Trinajstić information content (AvgIpc) is 2.52. The lowest BCUT2D eigenvalue weighted by Crippen LogP contribution is -2.17. The minimum atomic E-state index is 0.805. The number of hydrogen-bond acceptors (Lipinski definition) is 3. The number of hydrogen-bond donors (Lipinski definition) is 1. The molecule has 0 saturated carbocycles. The van der Waals surface area contributed by atoms with Gasteiger partial charge in [0, 0.05) is 12.6 Å². The van der Waals surface area contributed by atoms with Crippen LogP contribution in [0.3, 0.4) is 0 Å². The lowest BCUT2D eigenvalue weighted by atomic mass is 10.1. The van der Waals surface area contributed by atoms with Crippen LogP contribution in [0.25, 0.3) is 0 Å². The molecule has 0 aromatic heterocycles. The Morgan fingerprint density at radius 1 is 0.952 bits per heavy atom. The highest BCUT2D eigenvalue weighted by Gasteiger charge is 2.02. The fourth-order valence-corrected chi connectivity index (χ4v) is 2.31. The third kappa shape index (κ3) is 4.50. The van der Waals surface area contributed by atoms with Gasteiger partial charge in [-0.25, -0.2) is 0 Å². The van der Waals surface area contributed by atoms with Crippen molar-refractivity contribution >= 4 is 0 Å². The number of ether oxygens (including phenoxy) is 2. The van der Waals surface area contributed by atoms with E-state index in [1.807, 2.05) is 18.2 Å². The molecular formula is C18H23NO2. The molecule has 0 amide bonds. The average molecular weight is 285 g/mol. The van der Waals surface area contributed by atoms with Gasteiger partial charge < -0.3 is 14.8 Å². The van der Waals surface area contributed by atoms with Crippen molar-refractivity contribution in [1.82, 2.24) is 5.32 Å². The molecule has 0 spiro atoms. The second-order valence-electron chi connectivity index (χ2n) is 5.07. The van der Waals surface area contributed by atoms with Crippen molar-refractivity contribution < 1.29 is 9.47 Å². The first-order valence-corrected chi connectivity index (χ1v) is 7.20. The molecule has 3 heteroatoms. The number of nitrogens with one attached hydrogen (secondary N) is 1. The number of rotatable bonds is 7. The molecule has 0 unspecified atom stereocenters. The van der Waals surface area contributed by atoms with Crippen LogP contribution >= 0.6 is 0 Å². The highest BCUT2D eigenvalue weighted by Crippen LogP contribution is 2.22. The van der Waals surface area contributed by atoms with Crippen LogP contribution in [0.4, 0.5) is 0 Å². The first-order valence-electron chi connectivity index (χ1n) is 7.20. The summed E-state index contributed by atoms with van der Waals surface area (Å²) in [6, 6.07) is 14.5. The zero-order valence-corrected chi connectivity index (χ0v) is 13.0. The lowest BCUT2D eigenvalue weighted by molar-refractivity contribution is 0.393. The van der Waals surface area contributed by atoms with Gasteiger partial charge in [0.05, 0.1) is 14.2 Å². The van der Waals surface area contributed by atoms with Crippen molar-refractivity contribution in [2.24, 2.45) is 0 Å². The van der Waals surface area contributed by atoms with Gasteiger partial charge in [-0.1, -0.05) is 24.3 Å². The highest BCUT2D eigenvalue weighted by molar-refractivity contribution is 5.38. The van der Waals surface area contributed by atoms with Crippen LogP contribution in [0.15, 0.2) is 42.5 Å². The van der Waals surface area contributed by atoms with Gasteiger partial charge in [-0.3, -0.25) is 0 Å². The summed E-state index contributed by atoms with van der Waals surface area (Å²) in [5.41, 5.74) is 3.91. The predicted octanol–water partition coefficient (Wildman–Crippen LogP) is 3.34. The second kappa shape index (κ2) is 7.70. The Hall–Kier alpha value is -2.00. The summed E-state index contributed by atoms with van der Waals surface area (Å²) >= 11 is 0. The van der Waals surface area contributed by atoms with Crippen molar-refractivity contribution in [3.05, 3.63) is 59.2 Å². The summed E-state index contributed by atoms with van der Waals surface area (Å²) in [4.78, 5) is 0. The zero-order valence-electron chi connectivity index (χ0n) is 13.0. The van der Waals surface area contributed by atoms with Crippen molar-refractivity contribution in [3.8, 4) is 11.5 Å². The van der Waals surface area contributed by atoms with Crippen molar-refractivity contribution in [2.45, 2.75) is 19.9 Å². The van der Waals surface area contributed by atoms with Crippen LogP contribution in [-0.4, -0.2) is 20.8 Å². The molecule has 3 nitrogen and oxygen atoms in total. The smallest absolute Gasteiger partial charge is 0.122 e. The molecule has 0 aliphatic carbocycles. The summed E-state index contributed by atoms with van der Waals surface area (Å²) in [5, 5.41) is 3.47. The van der Waals surface area contributed by atoms with Gasteiger partial charge in [0.25, 0.3) is 0 Å². The van der Waals surface area contributed by atoms with E-state index in [1.165, 1.54) is 11.1 Å². The number of methoxy groups -OCH3 is 2. The second-order valence-corrected chi connectivity index (χ2v) is 5.07. The first kappa shape index (κ1) is 15.4. The molecule has 1 N–H and O–H groups in total. The molecule has 2 aromatic carbocycles. The summed E-state index contributed by atoms with van der Waals surface area (Å²) in [6.45, 7) is 3.91. The quantitative estimate of drug-likeness (QED) is 0.791. The molecule has 0 atom stereocenters. The number of aryl methyl sites for hydroxylation is 1. The van der Waals surface area contributed by atoms with E-state index in [9.17, 15) is 0 Å². The molecule has 0 aliphatic rings. The summed E-state index contributed by atoms with van der Waals surface area (Å²) in [7, 11) is 3.34. The molecule has 0 saturated heterocycles. The molecule has 0 aliphatic heterocycles. The van der Waals surface area contributed by atoms with E-state index in [1.54, 1.807) is 14.2 Å². The van der Waals surface area contributed by atoms with Gasteiger partial charge in [0.1, 0.15) is 11.5 Å². The van der Waals surface area contributed by atoms with E-state index in [0.29, 0.717) is 0 Å². The van der Waals surface area contributed by atoms with Crippen LogP contribution in [-0.2, 0) is 13.0 Å². The van der Waals surface area contributed by atoms with Crippen molar-refractivity contribution in [2.75, 3.05) is 20.8 Å². The summed E-state index contributed by atoms with van der Waals surface area (Å²) in [6.07, 6.45) is 1.04. The summed E-state index contributed by atoms with van der Waals surface area (Å²) < 4.78 is 10.6. The zero-order chi connectivity index (χ0) is 15.1. The molecule has 2 rings (SSSR count). The Labute approximate surface area is 126 Å². The maximum absolute atomic E-state index is 5.28. The monoisotopic (exact) mass is 285 g/mol. The topological polar surface area (TPSA) is 30.5 Å². The molecule has 0 heterocycles. The maximum atomic E-state index is 5.28. The van der Waals surface area contributed by atoms with E-state index < -0.39 is 0 Å². The van der Waals surface area contributed by atoms with Crippen molar-refractivity contribution in [1.29, 1.82) is 0 Å². The maximum Gasteiger partial charge on any atom is 0.122 e. The van der Waals surface area contributed by atoms with Crippen LogP contribution in [0, 0.1) is 6.92 Å². The Morgan fingerprint density at radius 3 is 2.24 bits per heavy atom. The summed E-state index contributed by atoms with van der Waals surface area (Å²) in [5.74, 6) is 1.65. The van der Waals surface area contributed by atoms with Gasteiger partial charge in [0.15, 0.2) is 0 Å². The third-order valence-electron chi connectivity index (χ3n) is 3.57. The normalized spacial score (nSPS) is 10.4. The molecule has 0 radical (unpaired) electrons. The molecule has 0 bridgehead atoms. The first-order chi connectivity index (χ1) is 10.2. The van der Waals surface area contributed by atoms with Gasteiger partial charge in [-0.15, -0.1) is 0 Å². The van der Waals surface area contributed by atoms with Crippen LogP contribution < -0.4 is 14.8 Å². The van der Waals surface area contributed by atoms with E-state index in [-0.39, 0.29) is 0 Å². The van der Waals surface area contributed by atoms with E-state index in [2.05, 4.69) is 36.5 Å². The van der Waals surface area contributed by atoms with Gasteiger partial charge in [-0.2, -0.15) is 0 Å². The Morgan fingerprint density at radius 2 is 1.62 bits per heavy atom. The van der Waals surface area contributed by atoms with E-state index in [4.69, 9.17) is 9.47 Å². The fraction of sp³-hybridized carbons (Fsp3) is 0.333. The molecule has 21 heavy (non-hydrogen) atoms. The predicted molar refractivity (Wildman–Crippen MR) is 86.1 cm³/mol. The Kier molecular flexibility index (Phi) is 5.64. The molecule has 0 fully saturated rings. The Bertz CT molecular complexity index is 559. The third-order valence-corrected chi connectivity index (χ3v) is 3.57. The standard InChI is InChI=1S/C18H23NO2/c1-14-6-4-5-7-16(14)8-9-19-13-15-10-17(20-2)12-18(11-15)21-3/h4-7,10-12,19H,8-9,13H2,1-3H3. The molecule has 2 aromatic rings. The van der Waals surface area contributed by atoms with Crippen LogP contribution in [0.2, 0.25) is 0 Å². The minimum absolute atomic E-state index is 0.805. The van der Waals surface area contributed by atoms with Gasteiger partial charge in [-0.05, 0) is 48.7 Å². The van der Waals surface area contributed by atoms with Gasteiger partial charge in [0.2, 0.25) is 0 Å². The van der Waals surface area contributed by atoms with Crippen molar-refractivity contribution in [3.63, 3.8) is 0 Å². The van der Waals surface area contributed by atoms with Crippen LogP contribution in [0.5, 0.6) is 11.5 Å². The lowest BCUT2D eigenvalue weighted by Gasteiger charge is -2.10.